The fourth-order valence-corrected chi connectivity index (χ4v) is 7.17. The van der Waals surface area contributed by atoms with Gasteiger partial charge in [-0.2, -0.15) is 0 Å². The summed E-state index contributed by atoms with van der Waals surface area (Å²) >= 11 is 0. The molecule has 3 heterocycles. The van der Waals surface area contributed by atoms with Crippen molar-refractivity contribution in [3.63, 3.8) is 0 Å². The summed E-state index contributed by atoms with van der Waals surface area (Å²) in [5.74, 6) is 0. The maximum atomic E-state index is 2.52. The highest BCUT2D eigenvalue weighted by atomic mass is 15.0. The van der Waals surface area contributed by atoms with Gasteiger partial charge in [-0.25, -0.2) is 0 Å². The summed E-state index contributed by atoms with van der Waals surface area (Å²) in [5, 5.41) is 5.23. The largest absolute Gasteiger partial charge is 0.305 e. The van der Waals surface area contributed by atoms with Crippen molar-refractivity contribution in [2.45, 2.75) is 13.8 Å². The van der Waals surface area contributed by atoms with Crippen LogP contribution in [0.3, 0.4) is 0 Å². The van der Waals surface area contributed by atoms with E-state index in [0.717, 1.165) is 0 Å². The lowest BCUT2D eigenvalue weighted by molar-refractivity contribution is 1.26. The van der Waals surface area contributed by atoms with Crippen molar-refractivity contribution in [2.75, 3.05) is 0 Å². The average Bonchev–Trinajstić information content (AvgIpc) is 3.52. The van der Waals surface area contributed by atoms with Crippen LogP contribution >= 0.6 is 0 Å². The molecular formula is C38H26N2. The minimum absolute atomic E-state index is 1.24. The molecule has 0 spiro atoms. The Morgan fingerprint density at radius 3 is 1.65 bits per heavy atom. The van der Waals surface area contributed by atoms with Crippen molar-refractivity contribution in [3.8, 4) is 22.3 Å². The van der Waals surface area contributed by atoms with Gasteiger partial charge in [0, 0.05) is 21.5 Å². The lowest BCUT2D eigenvalue weighted by Gasteiger charge is -2.15. The quantitative estimate of drug-likeness (QED) is 0.205. The van der Waals surface area contributed by atoms with E-state index in [1.807, 2.05) is 0 Å². The predicted octanol–water partition coefficient (Wildman–Crippen LogP) is 10.2. The summed E-state index contributed by atoms with van der Waals surface area (Å²) in [6.07, 6.45) is 0. The molecule has 0 saturated heterocycles. The van der Waals surface area contributed by atoms with E-state index in [1.54, 1.807) is 0 Å². The normalized spacial score (nSPS) is 12.2. The highest BCUT2D eigenvalue weighted by Gasteiger charge is 2.24. The van der Waals surface area contributed by atoms with Crippen LogP contribution in [0, 0.1) is 13.8 Å². The third-order valence-electron chi connectivity index (χ3n) is 8.84. The summed E-state index contributed by atoms with van der Waals surface area (Å²) in [6.45, 7) is 4.39. The van der Waals surface area contributed by atoms with Crippen LogP contribution in [0.4, 0.5) is 0 Å². The first-order chi connectivity index (χ1) is 19.7. The Bertz CT molecular complexity index is 2450. The molecule has 6 aromatic carbocycles. The van der Waals surface area contributed by atoms with E-state index in [1.165, 1.54) is 88.0 Å². The summed E-state index contributed by atoms with van der Waals surface area (Å²) < 4.78 is 5.03. The molecule has 0 atom stereocenters. The van der Waals surface area contributed by atoms with Gasteiger partial charge < -0.3 is 8.80 Å². The molecule has 0 aliphatic rings. The molecule has 0 radical (unpaired) electrons. The molecule has 40 heavy (non-hydrogen) atoms. The molecule has 0 N–H and O–H groups in total. The molecule has 188 valence electrons. The number of hydrogen-bond donors (Lipinski definition) is 0. The van der Waals surface area contributed by atoms with Crippen molar-refractivity contribution in [3.05, 3.63) is 132 Å². The van der Waals surface area contributed by atoms with Gasteiger partial charge >= 0.3 is 0 Å². The first-order valence-corrected chi connectivity index (χ1v) is 14.0. The second kappa shape index (κ2) is 7.74. The van der Waals surface area contributed by atoms with E-state index in [4.69, 9.17) is 0 Å². The van der Waals surface area contributed by atoms with Gasteiger partial charge in [0.15, 0.2) is 0 Å². The van der Waals surface area contributed by atoms with Gasteiger partial charge in [0.2, 0.25) is 0 Å². The first-order valence-electron chi connectivity index (χ1n) is 14.0. The molecule has 0 bridgehead atoms. The van der Waals surface area contributed by atoms with Crippen molar-refractivity contribution in [1.29, 1.82) is 0 Å². The van der Waals surface area contributed by atoms with E-state index in [-0.39, 0.29) is 0 Å². The van der Waals surface area contributed by atoms with Crippen LogP contribution in [-0.2, 0) is 0 Å². The molecule has 0 amide bonds. The lowest BCUT2D eigenvalue weighted by Crippen LogP contribution is -1.98. The maximum absolute atomic E-state index is 2.52. The second-order valence-corrected chi connectivity index (χ2v) is 11.1. The Morgan fingerprint density at radius 2 is 1.00 bits per heavy atom. The monoisotopic (exact) mass is 510 g/mol. The van der Waals surface area contributed by atoms with E-state index >= 15 is 0 Å². The smallest absolute Gasteiger partial charge is 0.0789 e. The number of fused-ring (bicyclic) bond motifs is 8. The number of benzene rings is 6. The Labute approximate surface area is 231 Å². The van der Waals surface area contributed by atoms with Crippen molar-refractivity contribution in [1.82, 2.24) is 8.80 Å². The SMILES string of the molecule is Cc1cccc(-c2ccc3c4c2c2ccccc2n4c2ccc(-c4ccccc4C)c4c5ccccc5n3c42)c1. The van der Waals surface area contributed by atoms with Gasteiger partial charge in [-0.15, -0.1) is 0 Å². The van der Waals surface area contributed by atoms with Gasteiger partial charge in [-0.1, -0.05) is 103 Å². The highest BCUT2D eigenvalue weighted by molar-refractivity contribution is 6.26. The van der Waals surface area contributed by atoms with Crippen LogP contribution in [0.5, 0.6) is 0 Å². The van der Waals surface area contributed by atoms with Gasteiger partial charge in [0.1, 0.15) is 0 Å². The minimum Gasteiger partial charge on any atom is -0.305 e. The molecule has 0 aliphatic heterocycles. The van der Waals surface area contributed by atoms with Crippen molar-refractivity contribution < 1.29 is 0 Å². The second-order valence-electron chi connectivity index (χ2n) is 11.1. The highest BCUT2D eigenvalue weighted by Crippen LogP contribution is 2.46. The molecule has 9 aromatic rings. The van der Waals surface area contributed by atoms with Gasteiger partial charge in [0.05, 0.1) is 33.1 Å². The summed E-state index contributed by atoms with van der Waals surface area (Å²) in [5.41, 5.74) is 15.2. The van der Waals surface area contributed by atoms with Crippen LogP contribution in [0.25, 0.3) is 76.9 Å². The lowest BCUT2D eigenvalue weighted by atomic mass is 9.95. The zero-order chi connectivity index (χ0) is 26.5. The Morgan fingerprint density at radius 1 is 0.425 bits per heavy atom. The number of nitrogens with zero attached hydrogens (tertiary/aromatic N) is 2. The predicted molar refractivity (Wildman–Crippen MR) is 170 cm³/mol. The molecule has 9 rings (SSSR count). The standard InChI is InChI=1S/C38H26N2/c1-23-10-9-12-25(22-23)27-18-20-33-37-35(27)29-14-5-7-16-31(29)39(37)34-21-19-28(26-13-4-3-11-24(26)2)36-30-15-6-8-17-32(30)40(33)38(34)36/h3-22H,1-2H3. The maximum Gasteiger partial charge on any atom is 0.0789 e. The molecular weight excluding hydrogens is 484 g/mol. The van der Waals surface area contributed by atoms with Gasteiger partial charge in [-0.05, 0) is 65.9 Å². The number of aryl methyl sites for hydroxylation is 2. The summed E-state index contributed by atoms with van der Waals surface area (Å²) in [7, 11) is 0. The first kappa shape index (κ1) is 21.8. The molecule has 0 saturated carbocycles. The fraction of sp³-hybridized carbons (Fsp3) is 0.0526. The van der Waals surface area contributed by atoms with Gasteiger partial charge in [-0.3, -0.25) is 0 Å². The zero-order valence-electron chi connectivity index (χ0n) is 22.4. The van der Waals surface area contributed by atoms with Crippen LogP contribution in [0.2, 0.25) is 0 Å². The third kappa shape index (κ3) is 2.68. The van der Waals surface area contributed by atoms with E-state index in [0.29, 0.717) is 0 Å². The topological polar surface area (TPSA) is 8.82 Å². The number of aromatic nitrogens is 2. The van der Waals surface area contributed by atoms with Crippen molar-refractivity contribution in [2.24, 2.45) is 0 Å². The Hall–Kier alpha value is -5.08. The van der Waals surface area contributed by atoms with Crippen LogP contribution in [0.15, 0.2) is 121 Å². The van der Waals surface area contributed by atoms with Crippen molar-refractivity contribution >= 4 is 54.6 Å². The van der Waals surface area contributed by atoms with Crippen LogP contribution < -0.4 is 0 Å². The number of rotatable bonds is 2. The molecule has 3 aromatic heterocycles. The van der Waals surface area contributed by atoms with E-state index in [9.17, 15) is 0 Å². The number of para-hydroxylation sites is 2. The Kier molecular flexibility index (Phi) is 4.22. The van der Waals surface area contributed by atoms with Crippen LogP contribution in [-0.4, -0.2) is 8.80 Å². The summed E-state index contributed by atoms with van der Waals surface area (Å²) in [4.78, 5) is 0. The molecule has 2 nitrogen and oxygen atoms in total. The minimum atomic E-state index is 1.24. The van der Waals surface area contributed by atoms with E-state index in [2.05, 4.69) is 144 Å². The molecule has 0 aliphatic carbocycles. The average molecular weight is 511 g/mol. The fourth-order valence-electron chi connectivity index (χ4n) is 7.17. The van der Waals surface area contributed by atoms with E-state index < -0.39 is 0 Å². The molecule has 0 fully saturated rings. The number of hydrogen-bond acceptors (Lipinski definition) is 0. The van der Waals surface area contributed by atoms with Gasteiger partial charge in [0.25, 0.3) is 0 Å². The summed E-state index contributed by atoms with van der Waals surface area (Å²) in [6, 6.07) is 44.8. The van der Waals surface area contributed by atoms with Crippen LogP contribution in [0.1, 0.15) is 11.1 Å². The third-order valence-corrected chi connectivity index (χ3v) is 8.84. The zero-order valence-corrected chi connectivity index (χ0v) is 22.4. The Balaban J connectivity index is 1.58. The molecule has 0 unspecified atom stereocenters. The molecule has 2 heteroatoms.